The SMILES string of the molecule is CC(C)CCC(=O)OC1(c2ccccc2)CCC2CCCCC2C1. The Morgan fingerprint density at radius 1 is 1.12 bits per heavy atom. The van der Waals surface area contributed by atoms with Crippen LogP contribution in [0.2, 0.25) is 0 Å². The number of hydrogen-bond acceptors (Lipinski definition) is 2. The number of esters is 1. The van der Waals surface area contributed by atoms with E-state index >= 15 is 0 Å². The number of carbonyl (C=O) groups excluding carboxylic acids is 1. The minimum absolute atomic E-state index is 0.0122. The molecule has 132 valence electrons. The van der Waals surface area contributed by atoms with E-state index in [0.29, 0.717) is 12.3 Å². The van der Waals surface area contributed by atoms with Gasteiger partial charge in [-0.3, -0.25) is 4.79 Å². The van der Waals surface area contributed by atoms with E-state index in [1.807, 2.05) is 6.07 Å². The first-order chi connectivity index (χ1) is 11.6. The number of benzene rings is 1. The van der Waals surface area contributed by atoms with Crippen LogP contribution in [0.15, 0.2) is 30.3 Å². The maximum Gasteiger partial charge on any atom is 0.306 e. The fourth-order valence-corrected chi connectivity index (χ4v) is 4.71. The maximum absolute atomic E-state index is 12.5. The molecule has 0 aliphatic heterocycles. The topological polar surface area (TPSA) is 26.3 Å². The monoisotopic (exact) mass is 328 g/mol. The molecule has 2 fully saturated rings. The molecular weight excluding hydrogens is 296 g/mol. The van der Waals surface area contributed by atoms with Gasteiger partial charge in [0.25, 0.3) is 0 Å². The minimum Gasteiger partial charge on any atom is -0.454 e. The van der Waals surface area contributed by atoms with Gasteiger partial charge in [0, 0.05) is 6.42 Å². The number of hydrogen-bond donors (Lipinski definition) is 0. The van der Waals surface area contributed by atoms with E-state index in [4.69, 9.17) is 4.74 Å². The Kier molecular flexibility index (Phi) is 5.63. The summed E-state index contributed by atoms with van der Waals surface area (Å²) in [4.78, 5) is 12.5. The van der Waals surface area contributed by atoms with Gasteiger partial charge in [0.1, 0.15) is 5.60 Å². The zero-order valence-electron chi connectivity index (χ0n) is 15.3. The van der Waals surface area contributed by atoms with Gasteiger partial charge >= 0.3 is 5.97 Å². The van der Waals surface area contributed by atoms with Crippen LogP contribution in [0, 0.1) is 17.8 Å². The zero-order valence-corrected chi connectivity index (χ0v) is 15.3. The molecule has 2 saturated carbocycles. The summed E-state index contributed by atoms with van der Waals surface area (Å²) in [5.41, 5.74) is 0.820. The van der Waals surface area contributed by atoms with Crippen LogP contribution in [-0.4, -0.2) is 5.97 Å². The number of carbonyl (C=O) groups is 1. The van der Waals surface area contributed by atoms with Gasteiger partial charge in [0.05, 0.1) is 0 Å². The van der Waals surface area contributed by atoms with E-state index in [1.165, 1.54) is 37.7 Å². The molecule has 2 aliphatic carbocycles. The lowest BCUT2D eigenvalue weighted by molar-refractivity contribution is -0.170. The lowest BCUT2D eigenvalue weighted by Crippen LogP contribution is -2.42. The maximum atomic E-state index is 12.5. The Morgan fingerprint density at radius 3 is 2.54 bits per heavy atom. The molecule has 0 aromatic heterocycles. The molecule has 2 nitrogen and oxygen atoms in total. The molecule has 1 aromatic carbocycles. The van der Waals surface area contributed by atoms with E-state index in [1.54, 1.807) is 0 Å². The molecule has 0 radical (unpaired) electrons. The summed E-state index contributed by atoms with van der Waals surface area (Å²) >= 11 is 0. The highest BCUT2D eigenvalue weighted by molar-refractivity contribution is 5.70. The smallest absolute Gasteiger partial charge is 0.306 e. The van der Waals surface area contributed by atoms with Gasteiger partial charge in [-0.05, 0) is 49.0 Å². The van der Waals surface area contributed by atoms with Crippen molar-refractivity contribution in [2.24, 2.45) is 17.8 Å². The lowest BCUT2D eigenvalue weighted by atomic mass is 9.64. The van der Waals surface area contributed by atoms with Crippen LogP contribution in [-0.2, 0) is 15.1 Å². The summed E-state index contributed by atoms with van der Waals surface area (Å²) in [6.07, 6.45) is 10.1. The molecule has 0 bridgehead atoms. The summed E-state index contributed by atoms with van der Waals surface area (Å²) in [5.74, 6) is 2.11. The van der Waals surface area contributed by atoms with Crippen LogP contribution < -0.4 is 0 Å². The van der Waals surface area contributed by atoms with Crippen LogP contribution in [0.25, 0.3) is 0 Å². The Bertz CT molecular complexity index is 536. The lowest BCUT2D eigenvalue weighted by Gasteiger charge is -2.46. The van der Waals surface area contributed by atoms with Crippen LogP contribution >= 0.6 is 0 Å². The highest BCUT2D eigenvalue weighted by Crippen LogP contribution is 2.50. The second-order valence-corrected chi connectivity index (χ2v) is 8.31. The molecule has 24 heavy (non-hydrogen) atoms. The Hall–Kier alpha value is -1.31. The van der Waals surface area contributed by atoms with Crippen molar-refractivity contribution in [3.05, 3.63) is 35.9 Å². The normalized spacial score (nSPS) is 30.0. The van der Waals surface area contributed by atoms with Gasteiger partial charge in [-0.15, -0.1) is 0 Å². The van der Waals surface area contributed by atoms with Crippen LogP contribution in [0.5, 0.6) is 0 Å². The van der Waals surface area contributed by atoms with Gasteiger partial charge in [-0.1, -0.05) is 69.9 Å². The molecule has 3 unspecified atom stereocenters. The van der Waals surface area contributed by atoms with Crippen molar-refractivity contribution < 1.29 is 9.53 Å². The third-order valence-electron chi connectivity index (χ3n) is 6.11. The Labute approximate surface area is 147 Å². The third-order valence-corrected chi connectivity index (χ3v) is 6.11. The molecule has 0 spiro atoms. The quantitative estimate of drug-likeness (QED) is 0.634. The molecule has 3 atom stereocenters. The van der Waals surface area contributed by atoms with E-state index in [9.17, 15) is 4.79 Å². The van der Waals surface area contributed by atoms with Crippen LogP contribution in [0.1, 0.15) is 77.2 Å². The van der Waals surface area contributed by atoms with Gasteiger partial charge in [0.15, 0.2) is 0 Å². The second kappa shape index (κ2) is 7.72. The van der Waals surface area contributed by atoms with Crippen molar-refractivity contribution in [2.45, 2.75) is 77.2 Å². The zero-order chi connectivity index (χ0) is 17.0. The van der Waals surface area contributed by atoms with E-state index in [0.717, 1.165) is 31.1 Å². The molecule has 2 aliphatic rings. The molecular formula is C22H32O2. The highest BCUT2D eigenvalue weighted by atomic mass is 16.6. The van der Waals surface area contributed by atoms with E-state index < -0.39 is 0 Å². The van der Waals surface area contributed by atoms with Gasteiger partial charge in [-0.25, -0.2) is 0 Å². The molecule has 3 rings (SSSR count). The fourth-order valence-electron chi connectivity index (χ4n) is 4.71. The molecule has 1 aromatic rings. The highest BCUT2D eigenvalue weighted by Gasteiger charge is 2.45. The Morgan fingerprint density at radius 2 is 1.83 bits per heavy atom. The first-order valence-corrected chi connectivity index (χ1v) is 9.86. The first-order valence-electron chi connectivity index (χ1n) is 9.86. The molecule has 2 heteroatoms. The summed E-state index contributed by atoms with van der Waals surface area (Å²) in [7, 11) is 0. The minimum atomic E-state index is -0.381. The predicted octanol–water partition coefficient (Wildman–Crippen LogP) is 5.85. The molecule has 0 N–H and O–H groups in total. The largest absolute Gasteiger partial charge is 0.454 e. The number of fused-ring (bicyclic) bond motifs is 1. The second-order valence-electron chi connectivity index (χ2n) is 8.31. The average molecular weight is 328 g/mol. The summed E-state index contributed by atoms with van der Waals surface area (Å²) in [6.45, 7) is 4.32. The molecule has 0 amide bonds. The fraction of sp³-hybridized carbons (Fsp3) is 0.682. The average Bonchev–Trinajstić information content (AvgIpc) is 2.60. The van der Waals surface area contributed by atoms with Crippen molar-refractivity contribution in [1.82, 2.24) is 0 Å². The van der Waals surface area contributed by atoms with Crippen molar-refractivity contribution in [2.75, 3.05) is 0 Å². The summed E-state index contributed by atoms with van der Waals surface area (Å²) in [6, 6.07) is 10.5. The molecule has 0 saturated heterocycles. The van der Waals surface area contributed by atoms with Crippen molar-refractivity contribution in [1.29, 1.82) is 0 Å². The van der Waals surface area contributed by atoms with Crippen molar-refractivity contribution in [3.8, 4) is 0 Å². The number of rotatable bonds is 5. The van der Waals surface area contributed by atoms with Crippen molar-refractivity contribution >= 4 is 5.97 Å². The van der Waals surface area contributed by atoms with E-state index in [-0.39, 0.29) is 11.6 Å². The number of ether oxygens (including phenoxy) is 1. The summed E-state index contributed by atoms with van der Waals surface area (Å²) in [5, 5.41) is 0. The predicted molar refractivity (Wildman–Crippen MR) is 97.6 cm³/mol. The van der Waals surface area contributed by atoms with Gasteiger partial charge in [0.2, 0.25) is 0 Å². The third kappa shape index (κ3) is 4.02. The molecule has 0 heterocycles. The van der Waals surface area contributed by atoms with Gasteiger partial charge < -0.3 is 4.74 Å². The van der Waals surface area contributed by atoms with E-state index in [2.05, 4.69) is 38.1 Å². The van der Waals surface area contributed by atoms with Crippen molar-refractivity contribution in [3.63, 3.8) is 0 Å². The van der Waals surface area contributed by atoms with Gasteiger partial charge in [-0.2, -0.15) is 0 Å². The Balaban J connectivity index is 1.78. The first kappa shape index (κ1) is 17.5. The van der Waals surface area contributed by atoms with Crippen LogP contribution in [0.4, 0.5) is 0 Å². The standard InChI is InChI=1S/C22H32O2/c1-17(2)12-13-21(23)24-22(20-10-4-3-5-11-20)15-14-18-8-6-7-9-19(18)16-22/h3-5,10-11,17-19H,6-9,12-16H2,1-2H3. The van der Waals surface area contributed by atoms with Crippen LogP contribution in [0.3, 0.4) is 0 Å². The summed E-state index contributed by atoms with van der Waals surface area (Å²) < 4.78 is 6.23.